The van der Waals surface area contributed by atoms with Crippen molar-refractivity contribution in [1.82, 2.24) is 5.32 Å². The Morgan fingerprint density at radius 2 is 1.82 bits per heavy atom. The zero-order valence-corrected chi connectivity index (χ0v) is 12.5. The smallest absolute Gasteiger partial charge is 0.00208 e. The Morgan fingerprint density at radius 1 is 1.12 bits per heavy atom. The van der Waals surface area contributed by atoms with Gasteiger partial charge in [0.05, 0.1) is 0 Å². The molecule has 1 aliphatic carbocycles. The zero-order valence-electron chi connectivity index (χ0n) is 12.5. The van der Waals surface area contributed by atoms with Gasteiger partial charge in [-0.05, 0) is 50.1 Å². The van der Waals surface area contributed by atoms with Gasteiger partial charge >= 0.3 is 0 Å². The first-order valence-electron chi connectivity index (χ1n) is 7.91. The molecule has 0 heterocycles. The monoisotopic (exact) mass is 239 g/mol. The lowest BCUT2D eigenvalue weighted by molar-refractivity contribution is 0.109. The first-order chi connectivity index (χ1) is 8.26. The van der Waals surface area contributed by atoms with Crippen LogP contribution >= 0.6 is 0 Å². The normalized spacial score (nSPS) is 29.8. The highest BCUT2D eigenvalue weighted by atomic mass is 14.8. The molecule has 17 heavy (non-hydrogen) atoms. The van der Waals surface area contributed by atoms with Crippen LogP contribution in [-0.4, -0.2) is 13.6 Å². The molecular formula is C16H33N. The van der Waals surface area contributed by atoms with Crippen molar-refractivity contribution < 1.29 is 0 Å². The van der Waals surface area contributed by atoms with E-state index < -0.39 is 0 Å². The molecule has 3 unspecified atom stereocenters. The quantitative estimate of drug-likeness (QED) is 0.691. The van der Waals surface area contributed by atoms with E-state index in [1.54, 1.807) is 0 Å². The fourth-order valence-electron chi connectivity index (χ4n) is 4.02. The summed E-state index contributed by atoms with van der Waals surface area (Å²) in [7, 11) is 2.11. The van der Waals surface area contributed by atoms with Crippen LogP contribution in [0, 0.1) is 23.7 Å². The minimum atomic E-state index is 0.943. The van der Waals surface area contributed by atoms with Crippen LogP contribution in [0.4, 0.5) is 0 Å². The standard InChI is InChI=1S/C16H33N/c1-5-8-13-9-10-15(12-17-4)16(11-13)14(6-2)7-3/h13-17H,5-12H2,1-4H3. The van der Waals surface area contributed by atoms with Crippen molar-refractivity contribution in [1.29, 1.82) is 0 Å². The number of rotatable bonds is 7. The number of nitrogens with one attached hydrogen (secondary N) is 1. The lowest BCUT2D eigenvalue weighted by Gasteiger charge is -2.40. The third-order valence-electron chi connectivity index (χ3n) is 4.97. The maximum absolute atomic E-state index is 3.42. The summed E-state index contributed by atoms with van der Waals surface area (Å²) in [6.07, 6.45) is 10.0. The van der Waals surface area contributed by atoms with E-state index in [0.717, 1.165) is 23.7 Å². The summed E-state index contributed by atoms with van der Waals surface area (Å²) < 4.78 is 0. The van der Waals surface area contributed by atoms with E-state index in [4.69, 9.17) is 0 Å². The van der Waals surface area contributed by atoms with Crippen LogP contribution in [0.25, 0.3) is 0 Å². The fraction of sp³-hybridized carbons (Fsp3) is 1.00. The zero-order chi connectivity index (χ0) is 12.7. The molecule has 0 aromatic heterocycles. The second-order valence-electron chi connectivity index (χ2n) is 6.03. The van der Waals surface area contributed by atoms with Crippen LogP contribution in [0.1, 0.15) is 65.7 Å². The number of hydrogen-bond donors (Lipinski definition) is 1. The van der Waals surface area contributed by atoms with Crippen LogP contribution < -0.4 is 5.32 Å². The Balaban J connectivity index is 2.61. The van der Waals surface area contributed by atoms with Gasteiger partial charge < -0.3 is 5.32 Å². The van der Waals surface area contributed by atoms with Gasteiger partial charge in [0.25, 0.3) is 0 Å². The second kappa shape index (κ2) is 8.13. The largest absolute Gasteiger partial charge is 0.319 e. The Labute approximate surface area is 109 Å². The van der Waals surface area contributed by atoms with E-state index >= 15 is 0 Å². The molecule has 0 aliphatic heterocycles. The van der Waals surface area contributed by atoms with Crippen molar-refractivity contribution in [3.05, 3.63) is 0 Å². The third kappa shape index (κ3) is 4.28. The van der Waals surface area contributed by atoms with Gasteiger partial charge in [-0.25, -0.2) is 0 Å². The SMILES string of the molecule is CCCC1CCC(CNC)C(C(CC)CC)C1. The first-order valence-corrected chi connectivity index (χ1v) is 7.91. The summed E-state index contributed by atoms with van der Waals surface area (Å²) in [5.41, 5.74) is 0. The maximum Gasteiger partial charge on any atom is -0.00208 e. The van der Waals surface area contributed by atoms with Crippen LogP contribution in [0.3, 0.4) is 0 Å². The van der Waals surface area contributed by atoms with Crippen molar-refractivity contribution in [2.24, 2.45) is 23.7 Å². The van der Waals surface area contributed by atoms with E-state index in [1.165, 1.54) is 51.5 Å². The molecule has 0 spiro atoms. The van der Waals surface area contributed by atoms with E-state index in [9.17, 15) is 0 Å². The summed E-state index contributed by atoms with van der Waals surface area (Å²) in [5.74, 6) is 3.92. The highest BCUT2D eigenvalue weighted by molar-refractivity contribution is 4.84. The summed E-state index contributed by atoms with van der Waals surface area (Å²) in [6.45, 7) is 8.34. The second-order valence-corrected chi connectivity index (χ2v) is 6.03. The van der Waals surface area contributed by atoms with Gasteiger partial charge in [0, 0.05) is 0 Å². The molecule has 1 aliphatic rings. The van der Waals surface area contributed by atoms with Crippen molar-refractivity contribution >= 4 is 0 Å². The molecule has 0 aromatic carbocycles. The molecule has 1 nitrogen and oxygen atoms in total. The number of hydrogen-bond acceptors (Lipinski definition) is 1. The summed E-state index contributed by atoms with van der Waals surface area (Å²) in [5, 5.41) is 3.42. The van der Waals surface area contributed by atoms with Gasteiger partial charge in [0.1, 0.15) is 0 Å². The molecule has 0 aromatic rings. The van der Waals surface area contributed by atoms with Crippen LogP contribution in [0.15, 0.2) is 0 Å². The van der Waals surface area contributed by atoms with Gasteiger partial charge in [0.2, 0.25) is 0 Å². The lowest BCUT2D eigenvalue weighted by Crippen LogP contribution is -2.35. The summed E-state index contributed by atoms with van der Waals surface area (Å²) >= 11 is 0. The average molecular weight is 239 g/mol. The molecule has 1 fully saturated rings. The molecule has 102 valence electrons. The average Bonchev–Trinajstić information content (AvgIpc) is 2.34. The predicted octanol–water partition coefficient (Wildman–Crippen LogP) is 4.47. The van der Waals surface area contributed by atoms with Gasteiger partial charge in [-0.15, -0.1) is 0 Å². The molecule has 1 heteroatoms. The third-order valence-corrected chi connectivity index (χ3v) is 4.97. The van der Waals surface area contributed by atoms with Crippen molar-refractivity contribution in [2.45, 2.75) is 65.7 Å². The Bertz CT molecular complexity index is 186. The molecule has 1 N–H and O–H groups in total. The van der Waals surface area contributed by atoms with Crippen LogP contribution in [-0.2, 0) is 0 Å². The summed E-state index contributed by atoms with van der Waals surface area (Å²) in [6, 6.07) is 0. The lowest BCUT2D eigenvalue weighted by atomic mass is 9.66. The Hall–Kier alpha value is -0.0400. The van der Waals surface area contributed by atoms with Gasteiger partial charge in [-0.2, -0.15) is 0 Å². The first kappa shape index (κ1) is 15.0. The molecular weight excluding hydrogens is 206 g/mol. The Kier molecular flexibility index (Phi) is 7.18. The highest BCUT2D eigenvalue weighted by Gasteiger charge is 2.33. The fourth-order valence-corrected chi connectivity index (χ4v) is 4.02. The van der Waals surface area contributed by atoms with E-state index in [1.807, 2.05) is 0 Å². The molecule has 0 radical (unpaired) electrons. The van der Waals surface area contributed by atoms with Crippen molar-refractivity contribution in [3.8, 4) is 0 Å². The minimum absolute atomic E-state index is 0.943. The van der Waals surface area contributed by atoms with E-state index in [-0.39, 0.29) is 0 Å². The highest BCUT2D eigenvalue weighted by Crippen LogP contribution is 2.41. The van der Waals surface area contributed by atoms with Gasteiger partial charge in [-0.1, -0.05) is 52.9 Å². The van der Waals surface area contributed by atoms with Gasteiger partial charge in [0.15, 0.2) is 0 Å². The molecule has 3 atom stereocenters. The minimum Gasteiger partial charge on any atom is -0.319 e. The molecule has 0 bridgehead atoms. The molecule has 1 saturated carbocycles. The van der Waals surface area contributed by atoms with Crippen LogP contribution in [0.5, 0.6) is 0 Å². The Morgan fingerprint density at radius 3 is 2.35 bits per heavy atom. The molecule has 1 rings (SSSR count). The molecule has 0 amide bonds. The van der Waals surface area contributed by atoms with E-state index in [2.05, 4.69) is 33.1 Å². The van der Waals surface area contributed by atoms with Crippen LogP contribution in [0.2, 0.25) is 0 Å². The van der Waals surface area contributed by atoms with Crippen molar-refractivity contribution in [2.75, 3.05) is 13.6 Å². The summed E-state index contributed by atoms with van der Waals surface area (Å²) in [4.78, 5) is 0. The van der Waals surface area contributed by atoms with Gasteiger partial charge in [-0.3, -0.25) is 0 Å². The van der Waals surface area contributed by atoms with E-state index in [0.29, 0.717) is 0 Å². The maximum atomic E-state index is 3.42. The predicted molar refractivity (Wildman–Crippen MR) is 77.2 cm³/mol. The topological polar surface area (TPSA) is 12.0 Å². The van der Waals surface area contributed by atoms with Crippen molar-refractivity contribution in [3.63, 3.8) is 0 Å². The molecule has 0 saturated heterocycles.